The Balaban J connectivity index is 1.74. The lowest BCUT2D eigenvalue weighted by atomic mass is 9.81. The van der Waals surface area contributed by atoms with E-state index < -0.39 is 29.0 Å². The van der Waals surface area contributed by atoms with Crippen molar-refractivity contribution in [2.24, 2.45) is 11.3 Å². The van der Waals surface area contributed by atoms with Crippen molar-refractivity contribution in [2.75, 3.05) is 18.4 Å². The Kier molecular flexibility index (Phi) is 4.03. The van der Waals surface area contributed by atoms with Gasteiger partial charge in [0, 0.05) is 18.8 Å². The number of likely N-dealkylation sites (tertiary alicyclic amines) is 1. The van der Waals surface area contributed by atoms with Crippen LogP contribution in [0.5, 0.6) is 0 Å². The van der Waals surface area contributed by atoms with Gasteiger partial charge in [0.2, 0.25) is 0 Å². The summed E-state index contributed by atoms with van der Waals surface area (Å²) in [4.78, 5) is 36.9. The van der Waals surface area contributed by atoms with Crippen molar-refractivity contribution in [2.45, 2.75) is 26.2 Å². The van der Waals surface area contributed by atoms with Crippen molar-refractivity contribution < 1.29 is 23.9 Å². The summed E-state index contributed by atoms with van der Waals surface area (Å²) in [5.74, 6) is -1.94. The van der Waals surface area contributed by atoms with E-state index in [9.17, 15) is 23.9 Å². The summed E-state index contributed by atoms with van der Waals surface area (Å²) in [6.45, 7) is 1.83. The smallest absolute Gasteiger partial charge is 0.321 e. The third-order valence-corrected chi connectivity index (χ3v) is 5.18. The van der Waals surface area contributed by atoms with Crippen LogP contribution in [-0.4, -0.2) is 40.9 Å². The summed E-state index contributed by atoms with van der Waals surface area (Å²) in [6, 6.07) is 3.37. The van der Waals surface area contributed by atoms with Crippen LogP contribution in [0.15, 0.2) is 18.2 Å². The topological polar surface area (TPSA) is 86.7 Å². The molecule has 0 unspecified atom stereocenters. The predicted octanol–water partition coefficient (Wildman–Crippen LogP) is 2.75. The molecule has 1 saturated heterocycles. The summed E-state index contributed by atoms with van der Waals surface area (Å²) in [5.41, 5.74) is -0.619. The van der Waals surface area contributed by atoms with Crippen molar-refractivity contribution in [3.8, 4) is 0 Å². The standard InChI is InChI=1S/C17H19FN2O4/c1-10(21)13-7-12(4-5-14(13)18)19-16(24)20-8-11-3-2-6-17(11,9-20)15(22)23/h4-5,7,11H,2-3,6,8-9H2,1H3,(H,19,24)(H,22,23)/t11-,17+/m0/s1. The van der Waals surface area contributed by atoms with Crippen molar-refractivity contribution in [3.05, 3.63) is 29.6 Å². The monoisotopic (exact) mass is 334 g/mol. The molecule has 0 spiro atoms. The van der Waals surface area contributed by atoms with Gasteiger partial charge < -0.3 is 15.3 Å². The highest BCUT2D eigenvalue weighted by atomic mass is 19.1. The summed E-state index contributed by atoms with van der Waals surface area (Å²) in [7, 11) is 0. The van der Waals surface area contributed by atoms with Crippen LogP contribution in [0.25, 0.3) is 0 Å². The first-order valence-electron chi connectivity index (χ1n) is 7.93. The van der Waals surface area contributed by atoms with E-state index in [1.54, 1.807) is 0 Å². The summed E-state index contributed by atoms with van der Waals surface area (Å²) in [5, 5.41) is 12.2. The SMILES string of the molecule is CC(=O)c1cc(NC(=O)N2C[C@@H]3CCC[C@@]3(C(=O)O)C2)ccc1F. The van der Waals surface area contributed by atoms with Crippen molar-refractivity contribution in [3.63, 3.8) is 0 Å². The lowest BCUT2D eigenvalue weighted by Gasteiger charge is -2.23. The number of nitrogens with zero attached hydrogens (tertiary/aromatic N) is 1. The maximum absolute atomic E-state index is 13.5. The second-order valence-electron chi connectivity index (χ2n) is 6.61. The van der Waals surface area contributed by atoms with Gasteiger partial charge in [-0.05, 0) is 43.9 Å². The summed E-state index contributed by atoms with van der Waals surface area (Å²) < 4.78 is 13.5. The highest BCUT2D eigenvalue weighted by Gasteiger charge is 2.55. The number of hydrogen-bond acceptors (Lipinski definition) is 3. The molecule has 2 fully saturated rings. The predicted molar refractivity (Wildman–Crippen MR) is 84.4 cm³/mol. The van der Waals surface area contributed by atoms with E-state index in [0.29, 0.717) is 18.7 Å². The molecular weight excluding hydrogens is 315 g/mol. The number of anilines is 1. The van der Waals surface area contributed by atoms with Gasteiger partial charge in [0.05, 0.1) is 11.0 Å². The molecule has 1 heterocycles. The second kappa shape index (κ2) is 5.89. The molecule has 6 nitrogen and oxygen atoms in total. The van der Waals surface area contributed by atoms with E-state index in [1.165, 1.54) is 24.0 Å². The highest BCUT2D eigenvalue weighted by Crippen LogP contribution is 2.48. The number of halogens is 1. The number of carboxylic acid groups (broad SMARTS) is 1. The lowest BCUT2D eigenvalue weighted by Crippen LogP contribution is -2.38. The molecule has 1 saturated carbocycles. The minimum atomic E-state index is -0.846. The van der Waals surface area contributed by atoms with E-state index in [2.05, 4.69) is 5.32 Å². The molecule has 128 valence electrons. The van der Waals surface area contributed by atoms with Crippen molar-refractivity contribution >= 4 is 23.5 Å². The second-order valence-corrected chi connectivity index (χ2v) is 6.61. The zero-order chi connectivity index (χ0) is 17.5. The van der Waals surface area contributed by atoms with Gasteiger partial charge in [0.1, 0.15) is 5.82 Å². The van der Waals surface area contributed by atoms with Gasteiger partial charge >= 0.3 is 12.0 Å². The van der Waals surface area contributed by atoms with Gasteiger partial charge in [-0.2, -0.15) is 0 Å². The first-order valence-corrected chi connectivity index (χ1v) is 7.93. The molecule has 2 amide bonds. The molecule has 1 aliphatic carbocycles. The van der Waals surface area contributed by atoms with Crippen LogP contribution >= 0.6 is 0 Å². The Hall–Kier alpha value is -2.44. The average Bonchev–Trinajstić information content (AvgIpc) is 3.06. The maximum Gasteiger partial charge on any atom is 0.321 e. The number of carboxylic acids is 1. The molecule has 1 aliphatic heterocycles. The molecule has 0 bridgehead atoms. The Morgan fingerprint density at radius 2 is 2.12 bits per heavy atom. The van der Waals surface area contributed by atoms with E-state index in [1.807, 2.05) is 0 Å². The molecule has 2 atom stereocenters. The van der Waals surface area contributed by atoms with Crippen LogP contribution < -0.4 is 5.32 Å². The van der Waals surface area contributed by atoms with Crippen LogP contribution in [0.4, 0.5) is 14.9 Å². The summed E-state index contributed by atoms with van der Waals surface area (Å²) in [6.07, 6.45) is 2.26. The van der Waals surface area contributed by atoms with Crippen molar-refractivity contribution in [1.82, 2.24) is 4.90 Å². The van der Waals surface area contributed by atoms with Gasteiger partial charge in [-0.3, -0.25) is 9.59 Å². The molecule has 0 aromatic heterocycles. The first-order chi connectivity index (χ1) is 11.3. The Labute approximate surface area is 138 Å². The zero-order valence-corrected chi connectivity index (χ0v) is 13.3. The maximum atomic E-state index is 13.5. The molecule has 0 radical (unpaired) electrons. The van der Waals surface area contributed by atoms with Gasteiger partial charge in [-0.15, -0.1) is 0 Å². The number of carbonyl (C=O) groups is 3. The quantitative estimate of drug-likeness (QED) is 0.832. The average molecular weight is 334 g/mol. The van der Waals surface area contributed by atoms with E-state index in [-0.39, 0.29) is 18.0 Å². The fourth-order valence-corrected chi connectivity index (χ4v) is 3.87. The minimum absolute atomic E-state index is 0.0262. The Morgan fingerprint density at radius 1 is 1.38 bits per heavy atom. The van der Waals surface area contributed by atoms with E-state index in [4.69, 9.17) is 0 Å². The molecular formula is C17H19FN2O4. The molecule has 2 N–H and O–H groups in total. The molecule has 24 heavy (non-hydrogen) atoms. The fraction of sp³-hybridized carbons (Fsp3) is 0.471. The number of hydrogen-bond donors (Lipinski definition) is 2. The van der Waals surface area contributed by atoms with Crippen molar-refractivity contribution in [1.29, 1.82) is 0 Å². The normalized spacial score (nSPS) is 25.4. The van der Waals surface area contributed by atoms with Crippen LogP contribution in [0, 0.1) is 17.2 Å². The number of urea groups is 1. The van der Waals surface area contributed by atoms with Gasteiger partial charge in [-0.1, -0.05) is 6.42 Å². The molecule has 2 aliphatic rings. The number of nitrogens with one attached hydrogen (secondary N) is 1. The van der Waals surface area contributed by atoms with Gasteiger partial charge in [0.15, 0.2) is 5.78 Å². The Morgan fingerprint density at radius 3 is 2.75 bits per heavy atom. The number of amides is 2. The minimum Gasteiger partial charge on any atom is -0.481 e. The zero-order valence-electron chi connectivity index (χ0n) is 13.3. The largest absolute Gasteiger partial charge is 0.481 e. The molecule has 3 rings (SSSR count). The number of aliphatic carboxylic acids is 1. The number of carbonyl (C=O) groups excluding carboxylic acids is 2. The Bertz CT molecular complexity index is 721. The van der Waals surface area contributed by atoms with Gasteiger partial charge in [0.25, 0.3) is 0 Å². The van der Waals surface area contributed by atoms with Crippen LogP contribution in [0.1, 0.15) is 36.5 Å². The fourth-order valence-electron chi connectivity index (χ4n) is 3.87. The highest BCUT2D eigenvalue weighted by molar-refractivity contribution is 5.97. The number of fused-ring (bicyclic) bond motifs is 1. The van der Waals surface area contributed by atoms with Crippen LogP contribution in [-0.2, 0) is 4.79 Å². The van der Waals surface area contributed by atoms with E-state index >= 15 is 0 Å². The third kappa shape index (κ3) is 2.64. The lowest BCUT2D eigenvalue weighted by molar-refractivity contribution is -0.149. The number of benzene rings is 1. The molecule has 1 aromatic carbocycles. The van der Waals surface area contributed by atoms with Gasteiger partial charge in [-0.25, -0.2) is 9.18 Å². The molecule has 7 heteroatoms. The first kappa shape index (κ1) is 16.4. The number of rotatable bonds is 3. The van der Waals surface area contributed by atoms with Crippen LogP contribution in [0.3, 0.4) is 0 Å². The number of ketones is 1. The molecule has 1 aromatic rings. The number of Topliss-reactive ketones (excluding diaryl/α,β-unsaturated/α-hetero) is 1. The summed E-state index contributed by atoms with van der Waals surface area (Å²) >= 11 is 0. The van der Waals surface area contributed by atoms with E-state index in [0.717, 1.165) is 18.9 Å². The third-order valence-electron chi connectivity index (χ3n) is 5.18. The van der Waals surface area contributed by atoms with Crippen LogP contribution in [0.2, 0.25) is 0 Å².